The van der Waals surface area contributed by atoms with E-state index in [9.17, 15) is 19.1 Å². The Bertz CT molecular complexity index is 1670. The molecule has 0 spiro atoms. The first-order valence-electron chi connectivity index (χ1n) is 12.6. The first-order chi connectivity index (χ1) is 19.9. The summed E-state index contributed by atoms with van der Waals surface area (Å²) in [6.45, 7) is -0.0217. The summed E-state index contributed by atoms with van der Waals surface area (Å²) in [5.41, 5.74) is 1.85. The summed E-state index contributed by atoms with van der Waals surface area (Å²) >= 11 is 1.01. The number of carbonyl (C=O) groups is 2. The molecule has 0 bridgehead atoms. The number of para-hydroxylation sites is 2. The van der Waals surface area contributed by atoms with Crippen LogP contribution in [0.1, 0.15) is 11.4 Å². The number of nitrogens with zero attached hydrogens (tertiary/aromatic N) is 3. The van der Waals surface area contributed by atoms with Crippen LogP contribution in [0.4, 0.5) is 4.39 Å². The van der Waals surface area contributed by atoms with Gasteiger partial charge in [0.2, 0.25) is 5.91 Å². The van der Waals surface area contributed by atoms with Gasteiger partial charge < -0.3 is 24.9 Å². The molecule has 0 fully saturated rings. The van der Waals surface area contributed by atoms with Gasteiger partial charge in [-0.1, -0.05) is 42.1 Å². The maximum atomic E-state index is 14.8. The van der Waals surface area contributed by atoms with Crippen LogP contribution in [0.3, 0.4) is 0 Å². The number of thioether (sulfide) groups is 1. The van der Waals surface area contributed by atoms with Gasteiger partial charge >= 0.3 is 5.97 Å². The molecule has 12 heteroatoms. The molecule has 3 N–H and O–H groups in total. The van der Waals surface area contributed by atoms with Gasteiger partial charge in [0.05, 0.1) is 18.6 Å². The predicted octanol–water partition coefficient (Wildman–Crippen LogP) is 4.38. The van der Waals surface area contributed by atoms with E-state index in [1.165, 1.54) is 10.6 Å². The van der Waals surface area contributed by atoms with E-state index >= 15 is 0 Å². The lowest BCUT2D eigenvalue weighted by Crippen LogP contribution is -2.43. The number of carboxylic acid groups (broad SMARTS) is 1. The molecule has 3 aromatic carbocycles. The zero-order valence-corrected chi connectivity index (χ0v) is 22.7. The van der Waals surface area contributed by atoms with Crippen LogP contribution in [0.15, 0.2) is 84.1 Å². The van der Waals surface area contributed by atoms with Crippen LogP contribution >= 0.6 is 11.8 Å². The van der Waals surface area contributed by atoms with Crippen molar-refractivity contribution in [3.8, 4) is 17.2 Å². The Morgan fingerprint density at radius 1 is 1.05 bits per heavy atom. The number of aromatic amines is 1. The second-order valence-electron chi connectivity index (χ2n) is 8.96. The van der Waals surface area contributed by atoms with Gasteiger partial charge in [-0.25, -0.2) is 9.18 Å². The van der Waals surface area contributed by atoms with Gasteiger partial charge in [0.25, 0.3) is 0 Å². The largest absolute Gasteiger partial charge is 0.497 e. The van der Waals surface area contributed by atoms with Crippen LogP contribution in [0.5, 0.6) is 11.5 Å². The number of hydrogen-bond donors (Lipinski definition) is 3. The molecule has 0 unspecified atom stereocenters. The lowest BCUT2D eigenvalue weighted by Gasteiger charge is -2.15. The summed E-state index contributed by atoms with van der Waals surface area (Å²) in [5.74, 6) is -0.787. The molecule has 41 heavy (non-hydrogen) atoms. The van der Waals surface area contributed by atoms with Gasteiger partial charge in [0.15, 0.2) is 11.0 Å². The van der Waals surface area contributed by atoms with Crippen molar-refractivity contribution in [3.05, 3.63) is 96.2 Å². The SMILES string of the molecule is COc1ccc(OCc2nnc(SCC(=O)N[C@@H](Cc3c[nH]c4ccccc34)C(=O)O)n2-c2ccccc2F)cc1. The maximum absolute atomic E-state index is 14.8. The minimum atomic E-state index is -1.15. The van der Waals surface area contributed by atoms with Crippen LogP contribution in [0, 0.1) is 5.82 Å². The highest BCUT2D eigenvalue weighted by Crippen LogP contribution is 2.26. The van der Waals surface area contributed by atoms with Gasteiger partial charge in [-0.15, -0.1) is 10.2 Å². The number of halogens is 1. The van der Waals surface area contributed by atoms with Crippen molar-refractivity contribution in [2.45, 2.75) is 24.2 Å². The number of carboxylic acids is 1. The third kappa shape index (κ3) is 6.49. The number of benzene rings is 3. The smallest absolute Gasteiger partial charge is 0.326 e. The lowest BCUT2D eigenvalue weighted by atomic mass is 10.1. The van der Waals surface area contributed by atoms with Crippen molar-refractivity contribution >= 4 is 34.5 Å². The number of carbonyl (C=O) groups excluding carboxylic acids is 1. The summed E-state index contributed by atoms with van der Waals surface area (Å²) in [5, 5.41) is 21.8. The zero-order valence-electron chi connectivity index (χ0n) is 21.9. The molecule has 5 aromatic rings. The predicted molar refractivity (Wildman–Crippen MR) is 151 cm³/mol. The number of hydrogen-bond acceptors (Lipinski definition) is 7. The Morgan fingerprint density at radius 2 is 1.78 bits per heavy atom. The van der Waals surface area contributed by atoms with Gasteiger partial charge in [-0.05, 0) is 48.0 Å². The van der Waals surface area contributed by atoms with Crippen LogP contribution in [-0.2, 0) is 22.6 Å². The molecular weight excluding hydrogens is 549 g/mol. The first-order valence-corrected chi connectivity index (χ1v) is 13.6. The number of aromatic nitrogens is 4. The zero-order chi connectivity index (χ0) is 28.8. The molecule has 10 nitrogen and oxygen atoms in total. The number of methoxy groups -OCH3 is 1. The van der Waals surface area contributed by atoms with Crippen LogP contribution in [-0.4, -0.2) is 55.6 Å². The number of amides is 1. The van der Waals surface area contributed by atoms with Gasteiger partial charge in [-0.3, -0.25) is 9.36 Å². The first kappa shape index (κ1) is 27.7. The molecule has 0 aliphatic rings. The van der Waals surface area contributed by atoms with Crippen LogP contribution < -0.4 is 14.8 Å². The molecule has 0 aliphatic heterocycles. The maximum Gasteiger partial charge on any atom is 0.326 e. The van der Waals surface area contributed by atoms with Crippen LogP contribution in [0.25, 0.3) is 16.6 Å². The summed E-state index contributed by atoms with van der Waals surface area (Å²) in [6.07, 6.45) is 1.85. The molecule has 0 saturated carbocycles. The van der Waals surface area contributed by atoms with Crippen molar-refractivity contribution in [3.63, 3.8) is 0 Å². The van der Waals surface area contributed by atoms with E-state index in [0.717, 1.165) is 28.2 Å². The second kappa shape index (κ2) is 12.6. The summed E-state index contributed by atoms with van der Waals surface area (Å²) in [7, 11) is 1.57. The Kier molecular flexibility index (Phi) is 8.49. The fourth-order valence-corrected chi connectivity index (χ4v) is 5.04. The minimum Gasteiger partial charge on any atom is -0.497 e. The minimum absolute atomic E-state index is 0.0217. The average Bonchev–Trinajstić information content (AvgIpc) is 3.59. The Balaban J connectivity index is 1.29. The van der Waals surface area contributed by atoms with Crippen molar-refractivity contribution in [1.82, 2.24) is 25.1 Å². The number of fused-ring (bicyclic) bond motifs is 1. The highest BCUT2D eigenvalue weighted by Gasteiger charge is 2.23. The fourth-order valence-electron chi connectivity index (χ4n) is 4.27. The summed E-state index contributed by atoms with van der Waals surface area (Å²) in [6, 6.07) is 19.5. The van der Waals surface area contributed by atoms with Crippen molar-refractivity contribution in [1.29, 1.82) is 0 Å². The summed E-state index contributed by atoms with van der Waals surface area (Å²) < 4.78 is 27.3. The van der Waals surface area contributed by atoms with Gasteiger partial charge in [0, 0.05) is 23.5 Å². The van der Waals surface area contributed by atoms with Gasteiger partial charge in [-0.2, -0.15) is 0 Å². The molecule has 0 radical (unpaired) electrons. The number of aliphatic carboxylic acids is 1. The van der Waals surface area contributed by atoms with Gasteiger partial charge in [0.1, 0.15) is 30.0 Å². The lowest BCUT2D eigenvalue weighted by molar-refractivity contribution is -0.141. The van der Waals surface area contributed by atoms with E-state index in [2.05, 4.69) is 20.5 Å². The standard InChI is InChI=1S/C29H26FN5O5S/c1-39-19-10-12-20(13-11-19)40-16-26-33-34-29(35(26)25-9-5-3-7-22(25)30)41-17-27(36)32-24(28(37)38)14-18-15-31-23-8-4-2-6-21(18)23/h2-13,15,24,31H,14,16-17H2,1H3,(H,32,36)(H,37,38)/t24-/m0/s1. The van der Waals surface area contributed by atoms with Crippen molar-refractivity contribution in [2.24, 2.45) is 0 Å². The molecule has 210 valence electrons. The topological polar surface area (TPSA) is 131 Å². The van der Waals surface area contributed by atoms with Crippen LogP contribution in [0.2, 0.25) is 0 Å². The normalized spacial score (nSPS) is 11.8. The van der Waals surface area contributed by atoms with E-state index in [1.54, 1.807) is 55.8 Å². The summed E-state index contributed by atoms with van der Waals surface area (Å²) in [4.78, 5) is 27.9. The fraction of sp³-hybridized carbons (Fsp3) is 0.172. The highest BCUT2D eigenvalue weighted by molar-refractivity contribution is 7.99. The van der Waals surface area contributed by atoms with E-state index in [1.807, 2.05) is 24.3 Å². The molecule has 1 amide bonds. The number of rotatable bonds is 12. The molecular formula is C29H26FN5O5S. The molecule has 0 aliphatic carbocycles. The quantitative estimate of drug-likeness (QED) is 0.187. The Hall–Kier alpha value is -4.84. The third-order valence-corrected chi connectivity index (χ3v) is 7.21. The van der Waals surface area contributed by atoms with E-state index in [4.69, 9.17) is 9.47 Å². The van der Waals surface area contributed by atoms with Crippen molar-refractivity contribution < 1.29 is 28.6 Å². The Morgan fingerprint density at radius 3 is 2.54 bits per heavy atom. The molecule has 0 saturated heterocycles. The van der Waals surface area contributed by atoms with Crippen molar-refractivity contribution in [2.75, 3.05) is 12.9 Å². The average molecular weight is 576 g/mol. The van der Waals surface area contributed by atoms with E-state index in [0.29, 0.717) is 17.3 Å². The molecule has 2 heterocycles. The molecule has 2 aromatic heterocycles. The number of nitrogens with one attached hydrogen (secondary N) is 2. The monoisotopic (exact) mass is 575 g/mol. The molecule has 1 atom stereocenters. The highest BCUT2D eigenvalue weighted by atomic mass is 32.2. The Labute approximate surface area is 238 Å². The second-order valence-corrected chi connectivity index (χ2v) is 9.90. The third-order valence-electron chi connectivity index (χ3n) is 6.29. The molecule has 5 rings (SSSR count). The van der Waals surface area contributed by atoms with E-state index in [-0.39, 0.29) is 29.6 Å². The number of H-pyrrole nitrogens is 1. The number of ether oxygens (including phenoxy) is 2. The van der Waals surface area contributed by atoms with E-state index < -0.39 is 23.7 Å².